The van der Waals surface area contributed by atoms with Crippen molar-refractivity contribution in [2.75, 3.05) is 19.8 Å². The molecular weight excluding hydrogens is 316 g/mol. The molecule has 0 N–H and O–H groups in total. The highest BCUT2D eigenvalue weighted by Crippen LogP contribution is 2.50. The third-order valence-corrected chi connectivity index (χ3v) is 5.90. The predicted molar refractivity (Wildman–Crippen MR) is 99.8 cm³/mol. The van der Waals surface area contributed by atoms with Crippen molar-refractivity contribution in [3.8, 4) is 0 Å². The van der Waals surface area contributed by atoms with Gasteiger partial charge in [-0.2, -0.15) is 0 Å². The third kappa shape index (κ3) is 6.20. The molecule has 3 fully saturated rings. The summed E-state index contributed by atoms with van der Waals surface area (Å²) in [5, 5.41) is 0. The lowest BCUT2D eigenvalue weighted by Crippen LogP contribution is -2.23. The van der Waals surface area contributed by atoms with Crippen LogP contribution in [0.4, 0.5) is 0 Å². The van der Waals surface area contributed by atoms with Crippen molar-refractivity contribution in [2.24, 2.45) is 0 Å². The molecule has 0 aromatic rings. The predicted octanol–water partition coefficient (Wildman–Crippen LogP) is 5.11. The fourth-order valence-corrected chi connectivity index (χ4v) is 4.39. The van der Waals surface area contributed by atoms with Gasteiger partial charge in [-0.1, -0.05) is 39.0 Å². The average Bonchev–Trinajstić information content (AvgIpc) is 3.17. The fraction of sp³-hybridized carbons (Fsp3) is 1.00. The standard InChI is InChI=1S/C21H39O4/c1-2-3-4-5-6-8-16-24-21-14-13-19-18(25(19)21)11-10-17-23-20-12-7-9-15-22-20/h18-21H,2-17H2,1H3/q+1/t18-,19-,20?,21?/m1/s1. The van der Waals surface area contributed by atoms with Crippen LogP contribution in [0.1, 0.15) is 90.4 Å². The molecule has 0 aromatic heterocycles. The van der Waals surface area contributed by atoms with Gasteiger partial charge in [0.05, 0.1) is 19.6 Å². The van der Waals surface area contributed by atoms with E-state index >= 15 is 0 Å². The minimum Gasteiger partial charge on any atom is -0.382 e. The zero-order valence-electron chi connectivity index (χ0n) is 16.3. The Morgan fingerprint density at radius 2 is 1.72 bits per heavy atom. The van der Waals surface area contributed by atoms with Crippen LogP contribution < -0.4 is 0 Å². The van der Waals surface area contributed by atoms with Crippen LogP contribution in [-0.2, 0) is 18.6 Å². The van der Waals surface area contributed by atoms with E-state index in [4.69, 9.17) is 14.2 Å². The summed E-state index contributed by atoms with van der Waals surface area (Å²) in [4.78, 5) is 0. The summed E-state index contributed by atoms with van der Waals surface area (Å²) >= 11 is 0. The Balaban J connectivity index is 1.19. The first kappa shape index (κ1) is 19.6. The van der Waals surface area contributed by atoms with Crippen molar-refractivity contribution in [1.82, 2.24) is 0 Å². The van der Waals surface area contributed by atoms with E-state index in [9.17, 15) is 0 Å². The van der Waals surface area contributed by atoms with Crippen molar-refractivity contribution >= 4 is 0 Å². The van der Waals surface area contributed by atoms with Crippen LogP contribution in [0.25, 0.3) is 0 Å². The maximum absolute atomic E-state index is 6.13. The molecule has 0 radical (unpaired) electrons. The number of fused-ring (bicyclic) bond motifs is 1. The Bertz CT molecular complexity index is 356. The summed E-state index contributed by atoms with van der Waals surface area (Å²) in [6, 6.07) is 0. The number of epoxide rings is 1. The molecule has 2 unspecified atom stereocenters. The molecule has 3 rings (SSSR count). The Kier molecular flexibility index (Phi) is 8.51. The van der Waals surface area contributed by atoms with Crippen molar-refractivity contribution in [3.63, 3.8) is 0 Å². The molecular formula is C21H39O4+. The molecule has 25 heavy (non-hydrogen) atoms. The summed E-state index contributed by atoms with van der Waals surface area (Å²) in [5.74, 6) is 0. The quantitative estimate of drug-likeness (QED) is 0.261. The molecule has 4 heteroatoms. The lowest BCUT2D eigenvalue weighted by molar-refractivity contribution is -0.184. The number of unbranched alkanes of at least 4 members (excludes halogenated alkanes) is 5. The molecule has 3 saturated heterocycles. The van der Waals surface area contributed by atoms with Crippen molar-refractivity contribution in [2.45, 2.75) is 115 Å². The minimum atomic E-state index is 0.0637. The van der Waals surface area contributed by atoms with E-state index in [2.05, 4.69) is 11.3 Å². The topological polar surface area (TPSA) is 30.4 Å². The number of rotatable bonds is 13. The van der Waals surface area contributed by atoms with Crippen LogP contribution in [0.5, 0.6) is 0 Å². The van der Waals surface area contributed by atoms with Gasteiger partial charge in [-0.3, -0.25) is 0 Å². The zero-order chi connectivity index (χ0) is 17.3. The Morgan fingerprint density at radius 1 is 0.880 bits per heavy atom. The van der Waals surface area contributed by atoms with Gasteiger partial charge in [0, 0.05) is 19.4 Å². The van der Waals surface area contributed by atoms with E-state index in [1.165, 1.54) is 70.6 Å². The van der Waals surface area contributed by atoms with Gasteiger partial charge in [0.2, 0.25) is 12.2 Å². The van der Waals surface area contributed by atoms with E-state index < -0.39 is 0 Å². The van der Waals surface area contributed by atoms with E-state index in [1.54, 1.807) is 0 Å². The van der Waals surface area contributed by atoms with E-state index in [0.717, 1.165) is 38.8 Å². The summed E-state index contributed by atoms with van der Waals surface area (Å²) in [6.45, 7) is 4.91. The van der Waals surface area contributed by atoms with E-state index in [0.29, 0.717) is 12.4 Å². The molecule has 0 spiro atoms. The monoisotopic (exact) mass is 355 g/mol. The van der Waals surface area contributed by atoms with Crippen LogP contribution in [0, 0.1) is 0 Å². The number of hydrogen-bond donors (Lipinski definition) is 0. The van der Waals surface area contributed by atoms with Crippen molar-refractivity contribution < 1.29 is 18.6 Å². The summed E-state index contributed by atoms with van der Waals surface area (Å²) in [5.41, 5.74) is 0. The maximum atomic E-state index is 6.13. The first-order valence-electron chi connectivity index (χ1n) is 11.0. The zero-order valence-corrected chi connectivity index (χ0v) is 16.3. The molecule has 146 valence electrons. The second-order valence-electron chi connectivity index (χ2n) is 7.94. The lowest BCUT2D eigenvalue weighted by Gasteiger charge is -2.22. The average molecular weight is 356 g/mol. The Labute approximate surface area is 154 Å². The van der Waals surface area contributed by atoms with Gasteiger partial charge >= 0.3 is 0 Å². The van der Waals surface area contributed by atoms with Crippen LogP contribution >= 0.6 is 0 Å². The third-order valence-electron chi connectivity index (χ3n) is 5.90. The van der Waals surface area contributed by atoms with Crippen LogP contribution in [0.3, 0.4) is 0 Å². The highest BCUT2D eigenvalue weighted by Gasteiger charge is 2.65. The van der Waals surface area contributed by atoms with Crippen LogP contribution in [0.15, 0.2) is 0 Å². The summed E-state index contributed by atoms with van der Waals surface area (Å²) in [6.07, 6.45) is 18.2. The molecule has 0 amide bonds. The molecule has 4 atom stereocenters. The van der Waals surface area contributed by atoms with Gasteiger partial charge in [-0.25, -0.2) is 0 Å². The fourth-order valence-electron chi connectivity index (χ4n) is 4.39. The smallest absolute Gasteiger partial charge is 0.266 e. The molecule has 0 bridgehead atoms. The summed E-state index contributed by atoms with van der Waals surface area (Å²) < 4.78 is 21.1. The maximum Gasteiger partial charge on any atom is 0.266 e. The van der Waals surface area contributed by atoms with Gasteiger partial charge in [0.1, 0.15) is 0 Å². The Morgan fingerprint density at radius 3 is 2.56 bits per heavy atom. The second-order valence-corrected chi connectivity index (χ2v) is 7.94. The van der Waals surface area contributed by atoms with E-state index in [1.807, 2.05) is 0 Å². The molecule has 0 aliphatic carbocycles. The number of hydrogen-bond acceptors (Lipinski definition) is 3. The van der Waals surface area contributed by atoms with Gasteiger partial charge in [-0.15, -0.1) is 0 Å². The second kappa shape index (κ2) is 10.9. The van der Waals surface area contributed by atoms with Crippen LogP contribution in [0.2, 0.25) is 0 Å². The minimum absolute atomic E-state index is 0.0637. The SMILES string of the molecule is CCCCCCCCOC1CC[C@@H]2[C@@H](CCCOC3CCCCO3)[O+]12. The molecule has 3 aliphatic heterocycles. The van der Waals surface area contributed by atoms with Gasteiger partial charge in [0.25, 0.3) is 6.29 Å². The highest BCUT2D eigenvalue weighted by molar-refractivity contribution is 4.97. The molecule has 0 saturated carbocycles. The summed E-state index contributed by atoms with van der Waals surface area (Å²) in [7, 11) is 0. The first-order valence-corrected chi connectivity index (χ1v) is 11.0. The first-order chi connectivity index (χ1) is 12.4. The highest BCUT2D eigenvalue weighted by atomic mass is 16.9. The molecule has 3 heterocycles. The van der Waals surface area contributed by atoms with Crippen molar-refractivity contribution in [1.29, 1.82) is 0 Å². The van der Waals surface area contributed by atoms with Gasteiger partial charge in [-0.05, 0) is 32.1 Å². The Hall–Kier alpha value is -0.160. The molecule has 4 nitrogen and oxygen atoms in total. The molecule has 3 aliphatic rings. The normalized spacial score (nSPS) is 32.0. The van der Waals surface area contributed by atoms with Gasteiger partial charge in [0.15, 0.2) is 6.29 Å². The van der Waals surface area contributed by atoms with Crippen LogP contribution in [-0.4, -0.2) is 44.6 Å². The van der Waals surface area contributed by atoms with Gasteiger partial charge < -0.3 is 18.6 Å². The largest absolute Gasteiger partial charge is 0.382 e. The lowest BCUT2D eigenvalue weighted by atomic mass is 10.1. The van der Waals surface area contributed by atoms with E-state index in [-0.39, 0.29) is 6.29 Å². The number of ether oxygens (including phenoxy) is 3. The molecule has 0 aromatic carbocycles. The van der Waals surface area contributed by atoms with Crippen molar-refractivity contribution in [3.05, 3.63) is 0 Å².